The third-order valence-electron chi connectivity index (χ3n) is 5.32. The molecular weight excluding hydrogens is 390 g/mol. The van der Waals surface area contributed by atoms with E-state index in [-0.39, 0.29) is 29.8 Å². The number of carbonyl (C=O) groups is 2. The molecule has 3 rings (SSSR count). The lowest BCUT2D eigenvalue weighted by Gasteiger charge is -2.15. The van der Waals surface area contributed by atoms with Crippen LogP contribution in [0.3, 0.4) is 0 Å². The summed E-state index contributed by atoms with van der Waals surface area (Å²) in [6.07, 6.45) is 2.51. The van der Waals surface area contributed by atoms with E-state index in [1.807, 2.05) is 52.3 Å². The van der Waals surface area contributed by atoms with Crippen molar-refractivity contribution >= 4 is 28.5 Å². The van der Waals surface area contributed by atoms with Crippen molar-refractivity contribution in [3.05, 3.63) is 53.3 Å². The molecule has 1 unspecified atom stereocenters. The second kappa shape index (κ2) is 9.29. The number of para-hydroxylation sites is 1. The number of benzene rings is 1. The fraction of sp³-hybridized carbons (Fsp3) is 0.417. The summed E-state index contributed by atoms with van der Waals surface area (Å²) in [6.45, 7) is 12.1. The van der Waals surface area contributed by atoms with Crippen molar-refractivity contribution < 1.29 is 9.59 Å². The van der Waals surface area contributed by atoms with E-state index in [0.717, 1.165) is 12.1 Å². The van der Waals surface area contributed by atoms with Crippen LogP contribution in [0.4, 0.5) is 5.69 Å². The van der Waals surface area contributed by atoms with Crippen LogP contribution in [0.1, 0.15) is 86.3 Å². The molecule has 0 aliphatic carbocycles. The molecule has 0 bridgehead atoms. The van der Waals surface area contributed by atoms with E-state index in [9.17, 15) is 9.59 Å². The first-order valence-electron chi connectivity index (χ1n) is 10.8. The van der Waals surface area contributed by atoms with Crippen molar-refractivity contribution in [2.45, 2.75) is 66.0 Å². The number of anilines is 1. The van der Waals surface area contributed by atoms with Crippen LogP contribution < -0.4 is 10.6 Å². The Morgan fingerprint density at radius 2 is 1.74 bits per heavy atom. The third-order valence-corrected chi connectivity index (χ3v) is 5.32. The average molecular weight is 422 g/mol. The summed E-state index contributed by atoms with van der Waals surface area (Å²) in [5.41, 5.74) is 2.92. The largest absolute Gasteiger partial charge is 0.350 e. The van der Waals surface area contributed by atoms with Gasteiger partial charge in [-0.15, -0.1) is 0 Å². The van der Waals surface area contributed by atoms with Crippen molar-refractivity contribution in [3.63, 3.8) is 0 Å². The molecule has 2 amide bonds. The van der Waals surface area contributed by atoms with E-state index >= 15 is 0 Å². The van der Waals surface area contributed by atoms with E-state index in [0.29, 0.717) is 27.8 Å². The number of nitrogens with zero attached hydrogens (tertiary/aromatic N) is 3. The summed E-state index contributed by atoms with van der Waals surface area (Å²) < 4.78 is 1.82. The van der Waals surface area contributed by atoms with E-state index in [1.165, 1.54) is 0 Å². The van der Waals surface area contributed by atoms with Crippen LogP contribution in [0.5, 0.6) is 0 Å². The zero-order valence-corrected chi connectivity index (χ0v) is 19.1. The standard InChI is InChI=1S/C24H31N5O2/c1-7-16(6)26-23(30)17-10-8-9-11-20(17)28-24(31)18-12-21(14(2)3)27-22-19(18)13-25-29(22)15(4)5/h8-16H,7H2,1-6H3,(H,26,30)(H,28,31). The van der Waals surface area contributed by atoms with Gasteiger partial charge >= 0.3 is 0 Å². The summed E-state index contributed by atoms with van der Waals surface area (Å²) in [7, 11) is 0. The predicted molar refractivity (Wildman–Crippen MR) is 124 cm³/mol. The minimum absolute atomic E-state index is 0.0477. The molecule has 2 aromatic heterocycles. The van der Waals surface area contributed by atoms with Crippen molar-refractivity contribution in [3.8, 4) is 0 Å². The lowest BCUT2D eigenvalue weighted by Crippen LogP contribution is -2.32. The molecule has 0 aliphatic heterocycles. The third kappa shape index (κ3) is 4.76. The molecule has 31 heavy (non-hydrogen) atoms. The Kier molecular flexibility index (Phi) is 6.73. The van der Waals surface area contributed by atoms with Crippen LogP contribution in [0.2, 0.25) is 0 Å². The predicted octanol–water partition coefficient (Wildman–Crippen LogP) is 4.92. The Hall–Kier alpha value is -3.22. The summed E-state index contributed by atoms with van der Waals surface area (Å²) in [5, 5.41) is 11.0. The normalized spacial score (nSPS) is 12.4. The molecule has 0 aliphatic rings. The summed E-state index contributed by atoms with van der Waals surface area (Å²) in [4.78, 5) is 30.8. The van der Waals surface area contributed by atoms with Gasteiger partial charge in [-0.1, -0.05) is 32.9 Å². The van der Waals surface area contributed by atoms with Gasteiger partial charge in [-0.05, 0) is 51.3 Å². The number of fused-ring (bicyclic) bond motifs is 1. The maximum Gasteiger partial charge on any atom is 0.256 e. The smallest absolute Gasteiger partial charge is 0.256 e. The monoisotopic (exact) mass is 421 g/mol. The number of amides is 2. The summed E-state index contributed by atoms with van der Waals surface area (Å²) in [5.74, 6) is -0.345. The van der Waals surface area contributed by atoms with Crippen molar-refractivity contribution in [1.82, 2.24) is 20.1 Å². The van der Waals surface area contributed by atoms with E-state index in [1.54, 1.807) is 30.5 Å². The molecule has 7 nitrogen and oxygen atoms in total. The van der Waals surface area contributed by atoms with Gasteiger partial charge in [0.2, 0.25) is 0 Å². The van der Waals surface area contributed by atoms with E-state index < -0.39 is 0 Å². The zero-order chi connectivity index (χ0) is 22.7. The highest BCUT2D eigenvalue weighted by Gasteiger charge is 2.21. The number of carbonyl (C=O) groups excluding carboxylic acids is 2. The highest BCUT2D eigenvalue weighted by molar-refractivity contribution is 6.14. The minimum Gasteiger partial charge on any atom is -0.350 e. The molecule has 1 aromatic carbocycles. The lowest BCUT2D eigenvalue weighted by atomic mass is 10.0. The van der Waals surface area contributed by atoms with Crippen LogP contribution in [0, 0.1) is 0 Å². The van der Waals surface area contributed by atoms with Crippen LogP contribution in [-0.4, -0.2) is 32.6 Å². The van der Waals surface area contributed by atoms with Crippen LogP contribution in [0.15, 0.2) is 36.5 Å². The van der Waals surface area contributed by atoms with Crippen molar-refractivity contribution in [2.24, 2.45) is 0 Å². The number of pyridine rings is 1. The molecule has 0 fully saturated rings. The first-order chi connectivity index (χ1) is 14.7. The fourth-order valence-corrected chi connectivity index (χ4v) is 3.28. The first-order valence-corrected chi connectivity index (χ1v) is 10.8. The molecule has 0 radical (unpaired) electrons. The lowest BCUT2D eigenvalue weighted by molar-refractivity contribution is 0.0940. The number of aromatic nitrogens is 3. The Balaban J connectivity index is 2.01. The highest BCUT2D eigenvalue weighted by Crippen LogP contribution is 2.26. The number of rotatable bonds is 7. The van der Waals surface area contributed by atoms with Gasteiger partial charge in [-0.25, -0.2) is 9.67 Å². The minimum atomic E-state index is -0.290. The number of hydrogen-bond donors (Lipinski definition) is 2. The highest BCUT2D eigenvalue weighted by atomic mass is 16.2. The molecule has 2 N–H and O–H groups in total. The second-order valence-electron chi connectivity index (χ2n) is 8.45. The van der Waals surface area contributed by atoms with Crippen LogP contribution in [-0.2, 0) is 0 Å². The maximum absolute atomic E-state index is 13.3. The topological polar surface area (TPSA) is 88.9 Å². The Morgan fingerprint density at radius 1 is 1.03 bits per heavy atom. The maximum atomic E-state index is 13.3. The second-order valence-corrected chi connectivity index (χ2v) is 8.45. The molecule has 164 valence electrons. The van der Waals surface area contributed by atoms with Gasteiger partial charge in [0.15, 0.2) is 5.65 Å². The molecule has 1 atom stereocenters. The molecule has 3 aromatic rings. The Bertz CT molecular complexity index is 1100. The Labute approximate surface area is 183 Å². The van der Waals surface area contributed by atoms with Gasteiger partial charge in [0, 0.05) is 17.8 Å². The number of nitrogens with one attached hydrogen (secondary N) is 2. The van der Waals surface area contributed by atoms with Gasteiger partial charge in [-0.3, -0.25) is 9.59 Å². The average Bonchev–Trinajstić information content (AvgIpc) is 3.17. The zero-order valence-electron chi connectivity index (χ0n) is 19.1. The van der Waals surface area contributed by atoms with Gasteiger partial charge in [0.1, 0.15) is 0 Å². The van der Waals surface area contributed by atoms with E-state index in [2.05, 4.69) is 15.7 Å². The van der Waals surface area contributed by atoms with Gasteiger partial charge < -0.3 is 10.6 Å². The Morgan fingerprint density at radius 3 is 2.39 bits per heavy atom. The molecule has 0 saturated heterocycles. The van der Waals surface area contributed by atoms with E-state index in [4.69, 9.17) is 4.98 Å². The molecule has 7 heteroatoms. The first kappa shape index (κ1) is 22.5. The summed E-state index contributed by atoms with van der Waals surface area (Å²) in [6, 6.07) is 9.02. The molecular formula is C24H31N5O2. The molecule has 2 heterocycles. The quantitative estimate of drug-likeness (QED) is 0.567. The fourth-order valence-electron chi connectivity index (χ4n) is 3.28. The number of hydrogen-bond acceptors (Lipinski definition) is 4. The van der Waals surface area contributed by atoms with Gasteiger partial charge in [0.25, 0.3) is 11.8 Å². The van der Waals surface area contributed by atoms with Gasteiger partial charge in [0.05, 0.1) is 28.4 Å². The SMILES string of the molecule is CCC(C)NC(=O)c1ccccc1NC(=O)c1cc(C(C)C)nc2c1cnn2C(C)C. The summed E-state index contributed by atoms with van der Waals surface area (Å²) >= 11 is 0. The van der Waals surface area contributed by atoms with Gasteiger partial charge in [-0.2, -0.15) is 5.10 Å². The van der Waals surface area contributed by atoms with Crippen LogP contribution >= 0.6 is 0 Å². The molecule has 0 spiro atoms. The molecule has 0 saturated carbocycles. The van der Waals surface area contributed by atoms with Crippen molar-refractivity contribution in [2.75, 3.05) is 5.32 Å². The van der Waals surface area contributed by atoms with Crippen molar-refractivity contribution in [1.29, 1.82) is 0 Å². The van der Waals surface area contributed by atoms with Crippen LogP contribution in [0.25, 0.3) is 11.0 Å².